The number of aldehydes is 1. The van der Waals surface area contributed by atoms with E-state index >= 15 is 0 Å². The maximum atomic E-state index is 12.9. The van der Waals surface area contributed by atoms with Gasteiger partial charge in [0.05, 0.1) is 10.7 Å². The van der Waals surface area contributed by atoms with Crippen LogP contribution in [0.5, 0.6) is 0 Å². The molecular formula is C30H27ClN4O5. The van der Waals surface area contributed by atoms with E-state index in [1.54, 1.807) is 49.4 Å². The zero-order chi connectivity index (χ0) is 28.8. The molecule has 10 heteroatoms. The van der Waals surface area contributed by atoms with Gasteiger partial charge in [0.15, 0.2) is 12.6 Å². The lowest BCUT2D eigenvalue weighted by atomic mass is 9.98. The molecular weight excluding hydrogens is 532 g/mol. The summed E-state index contributed by atoms with van der Waals surface area (Å²) in [6.07, 6.45) is 3.01. The predicted octanol–water partition coefficient (Wildman–Crippen LogP) is 6.02. The Morgan fingerprint density at radius 2 is 1.48 bits per heavy atom. The quantitative estimate of drug-likeness (QED) is 0.190. The number of rotatable bonds is 9. The highest BCUT2D eigenvalue weighted by molar-refractivity contribution is 6.36. The van der Waals surface area contributed by atoms with Crippen molar-refractivity contribution in [3.8, 4) is 11.1 Å². The predicted molar refractivity (Wildman–Crippen MR) is 153 cm³/mol. The third-order valence-electron chi connectivity index (χ3n) is 6.35. The van der Waals surface area contributed by atoms with Crippen molar-refractivity contribution >= 4 is 41.1 Å². The number of hydrogen-bond donors (Lipinski definition) is 2. The molecule has 9 nitrogen and oxygen atoms in total. The monoisotopic (exact) mass is 558 g/mol. The van der Waals surface area contributed by atoms with Crippen LogP contribution in [-0.4, -0.2) is 42.3 Å². The van der Waals surface area contributed by atoms with Gasteiger partial charge < -0.3 is 20.1 Å². The van der Waals surface area contributed by atoms with E-state index in [9.17, 15) is 14.4 Å². The van der Waals surface area contributed by atoms with Crippen LogP contribution in [0.1, 0.15) is 54.3 Å². The summed E-state index contributed by atoms with van der Waals surface area (Å²) in [5.74, 6) is -0.841. The summed E-state index contributed by atoms with van der Waals surface area (Å²) in [5, 5.41) is 6.03. The molecule has 204 valence electrons. The van der Waals surface area contributed by atoms with Crippen LogP contribution in [0.2, 0.25) is 5.02 Å². The third-order valence-corrected chi connectivity index (χ3v) is 6.76. The van der Waals surface area contributed by atoms with Crippen molar-refractivity contribution in [1.29, 1.82) is 0 Å². The van der Waals surface area contributed by atoms with Gasteiger partial charge in [0.1, 0.15) is 11.4 Å². The summed E-state index contributed by atoms with van der Waals surface area (Å²) in [6, 6.07) is 15.6. The molecule has 0 aliphatic rings. The first-order valence-electron chi connectivity index (χ1n) is 12.2. The summed E-state index contributed by atoms with van der Waals surface area (Å²) in [4.78, 5) is 45.2. The molecule has 0 spiro atoms. The summed E-state index contributed by atoms with van der Waals surface area (Å²) in [7, 11) is 3.03. The van der Waals surface area contributed by atoms with Gasteiger partial charge in [-0.05, 0) is 54.8 Å². The zero-order valence-electron chi connectivity index (χ0n) is 22.3. The minimum absolute atomic E-state index is 0.192. The molecule has 0 saturated carbocycles. The number of hydrogen-bond acceptors (Lipinski definition) is 7. The van der Waals surface area contributed by atoms with Gasteiger partial charge >= 0.3 is 0 Å². The van der Waals surface area contributed by atoms with Gasteiger partial charge in [0.25, 0.3) is 11.8 Å². The number of aromatic nitrogens is 2. The Morgan fingerprint density at radius 3 is 2.10 bits per heavy atom. The summed E-state index contributed by atoms with van der Waals surface area (Å²) < 4.78 is 10.4. The number of carbonyl (C=O) groups is 3. The van der Waals surface area contributed by atoms with Gasteiger partial charge in [-0.1, -0.05) is 41.9 Å². The molecule has 0 aliphatic heterocycles. The maximum absolute atomic E-state index is 12.9. The number of methoxy groups -OCH3 is 2. The Labute approximate surface area is 236 Å². The second-order valence-corrected chi connectivity index (χ2v) is 9.26. The zero-order valence-corrected chi connectivity index (χ0v) is 23.1. The number of aryl methyl sites for hydroxylation is 1. The summed E-state index contributed by atoms with van der Waals surface area (Å²) in [6.45, 7) is 3.60. The number of carbonyl (C=O) groups excluding carboxylic acids is 3. The summed E-state index contributed by atoms with van der Waals surface area (Å²) in [5.41, 5.74) is 5.34. The van der Waals surface area contributed by atoms with Crippen LogP contribution >= 0.6 is 11.6 Å². The fourth-order valence-corrected chi connectivity index (χ4v) is 4.41. The molecule has 4 aromatic rings. The Bertz CT molecular complexity index is 1570. The Hall–Kier alpha value is -4.44. The fraction of sp³-hybridized carbons (Fsp3) is 0.167. The van der Waals surface area contributed by atoms with E-state index in [1.165, 1.54) is 26.6 Å². The molecule has 2 N–H and O–H groups in total. The molecule has 2 aromatic carbocycles. The smallest absolute Gasteiger partial charge is 0.274 e. The highest BCUT2D eigenvalue weighted by Gasteiger charge is 2.18. The highest BCUT2D eigenvalue weighted by Crippen LogP contribution is 2.37. The van der Waals surface area contributed by atoms with Crippen molar-refractivity contribution in [3.05, 3.63) is 106 Å². The molecule has 2 amide bonds. The minimum Gasteiger partial charge on any atom is -0.352 e. The average Bonchev–Trinajstić information content (AvgIpc) is 2.96. The highest BCUT2D eigenvalue weighted by atomic mass is 35.5. The molecule has 0 unspecified atom stereocenters. The summed E-state index contributed by atoms with van der Waals surface area (Å²) >= 11 is 6.76. The van der Waals surface area contributed by atoms with Crippen LogP contribution in [0.15, 0.2) is 67.0 Å². The van der Waals surface area contributed by atoms with E-state index in [4.69, 9.17) is 21.1 Å². The molecule has 0 saturated heterocycles. The number of halogens is 1. The van der Waals surface area contributed by atoms with E-state index in [0.29, 0.717) is 44.9 Å². The van der Waals surface area contributed by atoms with E-state index in [1.807, 2.05) is 19.1 Å². The lowest BCUT2D eigenvalue weighted by Gasteiger charge is -2.16. The van der Waals surface area contributed by atoms with Crippen molar-refractivity contribution in [3.63, 3.8) is 0 Å². The van der Waals surface area contributed by atoms with Gasteiger partial charge in [-0.2, -0.15) is 0 Å². The van der Waals surface area contributed by atoms with E-state index in [2.05, 4.69) is 20.6 Å². The van der Waals surface area contributed by atoms with Crippen molar-refractivity contribution < 1.29 is 23.9 Å². The lowest BCUT2D eigenvalue weighted by Crippen LogP contribution is -2.15. The average molecular weight is 559 g/mol. The van der Waals surface area contributed by atoms with E-state index in [0.717, 1.165) is 11.1 Å². The van der Waals surface area contributed by atoms with Crippen molar-refractivity contribution in [2.75, 3.05) is 24.9 Å². The van der Waals surface area contributed by atoms with Gasteiger partial charge in [0, 0.05) is 49.0 Å². The van der Waals surface area contributed by atoms with Crippen LogP contribution in [0.25, 0.3) is 11.1 Å². The van der Waals surface area contributed by atoms with Crippen LogP contribution < -0.4 is 10.6 Å². The molecule has 4 rings (SSSR count). The number of nitrogens with one attached hydrogen (secondary N) is 2. The fourth-order valence-electron chi connectivity index (χ4n) is 4.13. The Kier molecular flexibility index (Phi) is 9.00. The molecule has 0 atom stereocenters. The van der Waals surface area contributed by atoms with E-state index < -0.39 is 18.1 Å². The first-order valence-corrected chi connectivity index (χ1v) is 12.6. The van der Waals surface area contributed by atoms with E-state index in [-0.39, 0.29) is 11.4 Å². The second kappa shape index (κ2) is 12.6. The van der Waals surface area contributed by atoms with Gasteiger partial charge in [0.2, 0.25) is 0 Å². The molecule has 0 aliphatic carbocycles. The number of amides is 2. The van der Waals surface area contributed by atoms with Gasteiger partial charge in [-0.3, -0.25) is 24.4 Å². The number of nitrogens with zero attached hydrogens (tertiary/aromatic N) is 2. The van der Waals surface area contributed by atoms with Gasteiger partial charge in [-0.15, -0.1) is 0 Å². The molecule has 0 bridgehead atoms. The first kappa shape index (κ1) is 28.6. The Morgan fingerprint density at radius 1 is 0.850 bits per heavy atom. The van der Waals surface area contributed by atoms with Crippen molar-refractivity contribution in [1.82, 2.24) is 9.97 Å². The first-order chi connectivity index (χ1) is 19.3. The van der Waals surface area contributed by atoms with Crippen molar-refractivity contribution in [2.24, 2.45) is 0 Å². The van der Waals surface area contributed by atoms with Crippen LogP contribution in [0.3, 0.4) is 0 Å². The molecule has 40 heavy (non-hydrogen) atoms. The SMILES string of the molecule is COC(OC)c1ccc(C(=O)Nc2cccc(-c3cccc(NC(=O)c4cc(C)c(C=O)cn4)c3C)c2Cl)nc1. The number of benzene rings is 2. The minimum atomic E-state index is -0.581. The maximum Gasteiger partial charge on any atom is 0.274 e. The van der Waals surface area contributed by atoms with Crippen molar-refractivity contribution in [2.45, 2.75) is 20.1 Å². The molecule has 2 heterocycles. The normalized spacial score (nSPS) is 10.8. The standard InChI is InChI=1S/C30H27ClN4O5/c1-17-13-26(33-15-20(17)16-36)29(38)34-23-9-5-7-21(18(23)2)22-8-6-10-24(27(22)31)35-28(37)25-12-11-19(14-32-25)30(39-3)40-4/h5-16,30H,1-4H3,(H,34,38)(H,35,37). The number of anilines is 2. The second-order valence-electron chi connectivity index (χ2n) is 8.88. The lowest BCUT2D eigenvalue weighted by molar-refractivity contribution is -0.106. The largest absolute Gasteiger partial charge is 0.352 e. The van der Waals surface area contributed by atoms with Crippen LogP contribution in [-0.2, 0) is 9.47 Å². The molecule has 2 aromatic heterocycles. The topological polar surface area (TPSA) is 120 Å². The van der Waals surface area contributed by atoms with Crippen LogP contribution in [0.4, 0.5) is 11.4 Å². The van der Waals surface area contributed by atoms with Gasteiger partial charge in [-0.25, -0.2) is 0 Å². The van der Waals surface area contributed by atoms with Crippen LogP contribution in [0, 0.1) is 13.8 Å². The Balaban J connectivity index is 1.56. The molecule has 0 fully saturated rings. The number of pyridine rings is 2. The molecule has 0 radical (unpaired) electrons. The third kappa shape index (κ3) is 6.07. The number of ether oxygens (including phenoxy) is 2.